The van der Waals surface area contributed by atoms with Crippen LogP contribution in [0.3, 0.4) is 0 Å². The van der Waals surface area contributed by atoms with Crippen molar-refractivity contribution in [3.63, 3.8) is 0 Å². The van der Waals surface area contributed by atoms with Crippen LogP contribution in [0.25, 0.3) is 11.5 Å². The average Bonchev–Trinajstić information content (AvgIpc) is 2.97. The molecule has 0 atom stereocenters. The van der Waals surface area contributed by atoms with E-state index in [1.807, 2.05) is 0 Å². The number of nitrogens with zero attached hydrogens (tertiary/aromatic N) is 3. The van der Waals surface area contributed by atoms with Gasteiger partial charge in [0.2, 0.25) is 5.89 Å². The SMILES string of the molecule is CCN1CCN(Cc2coc(-c3cccc(F)c3)n2)CC1. The first-order valence-electron chi connectivity index (χ1n) is 7.39. The highest BCUT2D eigenvalue weighted by atomic mass is 19.1. The van der Waals surface area contributed by atoms with Gasteiger partial charge in [-0.1, -0.05) is 13.0 Å². The third kappa shape index (κ3) is 3.49. The van der Waals surface area contributed by atoms with E-state index in [1.165, 1.54) is 12.1 Å². The fourth-order valence-electron chi connectivity index (χ4n) is 2.63. The maximum Gasteiger partial charge on any atom is 0.226 e. The second-order valence-electron chi connectivity index (χ2n) is 5.36. The molecule has 0 radical (unpaired) electrons. The molecule has 0 saturated carbocycles. The number of rotatable bonds is 4. The van der Waals surface area contributed by atoms with Crippen LogP contribution in [-0.2, 0) is 6.54 Å². The number of hydrogen-bond donors (Lipinski definition) is 0. The van der Waals surface area contributed by atoms with Gasteiger partial charge in [-0.05, 0) is 24.7 Å². The number of piperazine rings is 1. The molecule has 1 aliphatic rings. The van der Waals surface area contributed by atoms with Crippen molar-refractivity contribution >= 4 is 0 Å². The normalized spacial score (nSPS) is 17.2. The Morgan fingerprint density at radius 1 is 1.19 bits per heavy atom. The van der Waals surface area contributed by atoms with Crippen molar-refractivity contribution < 1.29 is 8.81 Å². The predicted octanol–water partition coefficient (Wildman–Crippen LogP) is 2.62. The molecule has 3 rings (SSSR count). The third-order valence-corrected chi connectivity index (χ3v) is 3.92. The number of aromatic nitrogens is 1. The molecule has 0 bridgehead atoms. The standard InChI is InChI=1S/C16H20FN3O/c1-2-19-6-8-20(9-7-19)11-15-12-21-16(18-15)13-4-3-5-14(17)10-13/h3-5,10,12H,2,6-9,11H2,1H3. The van der Waals surface area contributed by atoms with Crippen molar-refractivity contribution in [1.29, 1.82) is 0 Å². The smallest absolute Gasteiger partial charge is 0.226 e. The Balaban J connectivity index is 1.63. The first-order valence-corrected chi connectivity index (χ1v) is 7.39. The summed E-state index contributed by atoms with van der Waals surface area (Å²) < 4.78 is 18.7. The summed E-state index contributed by atoms with van der Waals surface area (Å²) in [5.41, 5.74) is 1.58. The zero-order valence-electron chi connectivity index (χ0n) is 12.3. The molecule has 1 fully saturated rings. The zero-order chi connectivity index (χ0) is 14.7. The van der Waals surface area contributed by atoms with Gasteiger partial charge in [-0.15, -0.1) is 0 Å². The van der Waals surface area contributed by atoms with Crippen LogP contribution < -0.4 is 0 Å². The van der Waals surface area contributed by atoms with Crippen LogP contribution in [0.1, 0.15) is 12.6 Å². The predicted molar refractivity (Wildman–Crippen MR) is 79.3 cm³/mol. The second-order valence-corrected chi connectivity index (χ2v) is 5.36. The van der Waals surface area contributed by atoms with Crippen LogP contribution in [0, 0.1) is 5.82 Å². The van der Waals surface area contributed by atoms with E-state index in [4.69, 9.17) is 4.42 Å². The van der Waals surface area contributed by atoms with Gasteiger partial charge in [0.05, 0.1) is 5.69 Å². The minimum atomic E-state index is -0.275. The van der Waals surface area contributed by atoms with Crippen molar-refractivity contribution in [2.45, 2.75) is 13.5 Å². The van der Waals surface area contributed by atoms with E-state index < -0.39 is 0 Å². The van der Waals surface area contributed by atoms with Gasteiger partial charge in [-0.3, -0.25) is 4.90 Å². The van der Waals surface area contributed by atoms with E-state index in [-0.39, 0.29) is 5.82 Å². The molecule has 0 amide bonds. The summed E-state index contributed by atoms with van der Waals surface area (Å²) >= 11 is 0. The van der Waals surface area contributed by atoms with Crippen molar-refractivity contribution in [3.8, 4) is 11.5 Å². The van der Waals surface area contributed by atoms with Crippen molar-refractivity contribution in [2.24, 2.45) is 0 Å². The molecule has 0 aliphatic carbocycles. The Morgan fingerprint density at radius 2 is 1.95 bits per heavy atom. The number of likely N-dealkylation sites (N-methyl/N-ethyl adjacent to an activating group) is 1. The molecule has 2 heterocycles. The van der Waals surface area contributed by atoms with Crippen LogP contribution in [0.2, 0.25) is 0 Å². The Morgan fingerprint density at radius 3 is 2.67 bits per heavy atom. The monoisotopic (exact) mass is 289 g/mol. The largest absolute Gasteiger partial charge is 0.444 e. The summed E-state index contributed by atoms with van der Waals surface area (Å²) in [6, 6.07) is 6.33. The molecular weight excluding hydrogens is 269 g/mol. The maximum atomic E-state index is 13.2. The highest BCUT2D eigenvalue weighted by Crippen LogP contribution is 2.20. The summed E-state index contributed by atoms with van der Waals surface area (Å²) in [6.07, 6.45) is 1.67. The lowest BCUT2D eigenvalue weighted by atomic mass is 10.2. The molecule has 1 aromatic carbocycles. The molecule has 1 aliphatic heterocycles. The zero-order valence-corrected chi connectivity index (χ0v) is 12.3. The van der Waals surface area contributed by atoms with Crippen LogP contribution >= 0.6 is 0 Å². The Hall–Kier alpha value is -1.72. The summed E-state index contributed by atoms with van der Waals surface area (Å²) in [7, 11) is 0. The van der Waals surface area contributed by atoms with Crippen molar-refractivity contribution in [1.82, 2.24) is 14.8 Å². The van der Waals surface area contributed by atoms with Gasteiger partial charge in [0.15, 0.2) is 0 Å². The van der Waals surface area contributed by atoms with Gasteiger partial charge in [-0.2, -0.15) is 0 Å². The van der Waals surface area contributed by atoms with Crippen molar-refractivity contribution in [3.05, 3.63) is 42.0 Å². The molecule has 21 heavy (non-hydrogen) atoms. The van der Waals surface area contributed by atoms with Crippen LogP contribution in [-0.4, -0.2) is 47.5 Å². The molecule has 0 spiro atoms. The fraction of sp³-hybridized carbons (Fsp3) is 0.438. The van der Waals surface area contributed by atoms with Gasteiger partial charge in [0.25, 0.3) is 0 Å². The third-order valence-electron chi connectivity index (χ3n) is 3.92. The van der Waals surface area contributed by atoms with Crippen LogP contribution in [0.15, 0.2) is 34.9 Å². The van der Waals surface area contributed by atoms with Gasteiger partial charge >= 0.3 is 0 Å². The molecule has 4 nitrogen and oxygen atoms in total. The molecule has 112 valence electrons. The Bertz CT molecular complexity index is 591. The number of benzene rings is 1. The lowest BCUT2D eigenvalue weighted by molar-refractivity contribution is 0.131. The van der Waals surface area contributed by atoms with Crippen molar-refractivity contribution in [2.75, 3.05) is 32.7 Å². The van der Waals surface area contributed by atoms with Gasteiger partial charge in [-0.25, -0.2) is 9.37 Å². The van der Waals surface area contributed by atoms with Gasteiger partial charge in [0, 0.05) is 38.3 Å². The van der Waals surface area contributed by atoms with Crippen LogP contribution in [0.4, 0.5) is 4.39 Å². The highest BCUT2D eigenvalue weighted by Gasteiger charge is 2.17. The lowest BCUT2D eigenvalue weighted by Crippen LogP contribution is -2.45. The lowest BCUT2D eigenvalue weighted by Gasteiger charge is -2.33. The minimum Gasteiger partial charge on any atom is -0.444 e. The second kappa shape index (κ2) is 6.37. The van der Waals surface area contributed by atoms with Gasteiger partial charge < -0.3 is 9.32 Å². The van der Waals surface area contributed by atoms with E-state index in [2.05, 4.69) is 21.7 Å². The molecule has 0 unspecified atom stereocenters. The number of oxazole rings is 1. The van der Waals surface area contributed by atoms with E-state index in [1.54, 1.807) is 18.4 Å². The summed E-state index contributed by atoms with van der Waals surface area (Å²) in [5.74, 6) is 0.208. The average molecular weight is 289 g/mol. The maximum absolute atomic E-state index is 13.2. The van der Waals surface area contributed by atoms with E-state index in [0.29, 0.717) is 11.5 Å². The molecule has 5 heteroatoms. The quantitative estimate of drug-likeness (QED) is 0.866. The number of hydrogen-bond acceptors (Lipinski definition) is 4. The molecule has 2 aromatic rings. The topological polar surface area (TPSA) is 32.5 Å². The summed E-state index contributed by atoms with van der Waals surface area (Å²) in [4.78, 5) is 9.28. The van der Waals surface area contributed by atoms with E-state index >= 15 is 0 Å². The summed E-state index contributed by atoms with van der Waals surface area (Å²) in [5, 5.41) is 0. The Kier molecular flexibility index (Phi) is 4.31. The Labute approximate surface area is 124 Å². The molecule has 0 N–H and O–H groups in total. The van der Waals surface area contributed by atoms with E-state index in [9.17, 15) is 4.39 Å². The molecular formula is C16H20FN3O. The fourth-order valence-corrected chi connectivity index (χ4v) is 2.63. The van der Waals surface area contributed by atoms with E-state index in [0.717, 1.165) is 45.0 Å². The molecule has 1 saturated heterocycles. The van der Waals surface area contributed by atoms with Gasteiger partial charge in [0.1, 0.15) is 12.1 Å². The minimum absolute atomic E-state index is 0.275. The summed E-state index contributed by atoms with van der Waals surface area (Å²) in [6.45, 7) is 8.40. The first kappa shape index (κ1) is 14.2. The highest BCUT2D eigenvalue weighted by molar-refractivity contribution is 5.52. The van der Waals surface area contributed by atoms with Crippen LogP contribution in [0.5, 0.6) is 0 Å². The number of halogens is 1. The molecule has 1 aromatic heterocycles. The first-order chi connectivity index (χ1) is 10.2.